The molecule has 0 saturated heterocycles. The molecule has 1 unspecified atom stereocenters. The number of hydrogen-bond acceptors (Lipinski definition) is 3. The number of amides is 1. The molecule has 1 aromatic rings. The fraction of sp³-hybridized carbons (Fsp3) is 0.632. The molecule has 3 N–H and O–H groups in total. The Morgan fingerprint density at radius 2 is 2.04 bits per heavy atom. The van der Waals surface area contributed by atoms with E-state index in [-0.39, 0.29) is 54.0 Å². The Balaban J connectivity index is 0.00000312. The van der Waals surface area contributed by atoms with Gasteiger partial charge in [-0.15, -0.1) is 12.4 Å². The highest BCUT2D eigenvalue weighted by Crippen LogP contribution is 2.32. The predicted molar refractivity (Wildman–Crippen MR) is 100 cm³/mol. The summed E-state index contributed by atoms with van der Waals surface area (Å²) in [6, 6.07) is 6.11. The van der Waals surface area contributed by atoms with Gasteiger partial charge in [-0.25, -0.2) is 4.39 Å². The molecule has 0 aromatic heterocycles. The van der Waals surface area contributed by atoms with Crippen LogP contribution in [0.3, 0.4) is 0 Å². The normalized spacial score (nSPS) is 21.3. The summed E-state index contributed by atoms with van der Waals surface area (Å²) >= 11 is 0. The summed E-state index contributed by atoms with van der Waals surface area (Å²) < 4.78 is 19.3. The number of benzene rings is 1. The first-order chi connectivity index (χ1) is 11.3. The highest BCUT2D eigenvalue weighted by molar-refractivity contribution is 5.85. The van der Waals surface area contributed by atoms with Crippen LogP contribution in [0.4, 0.5) is 4.39 Å². The number of carbonyl (C=O) groups excluding carboxylic acids is 1. The van der Waals surface area contributed by atoms with Crippen LogP contribution in [0.2, 0.25) is 0 Å². The Kier molecular flexibility index (Phi) is 8.16. The molecule has 0 spiro atoms. The fourth-order valence-electron chi connectivity index (χ4n) is 3.19. The Morgan fingerprint density at radius 1 is 1.36 bits per heavy atom. The molecule has 0 aliphatic heterocycles. The standard InChI is InChI=1S/C19H29FN2O2.ClH/c1-19(2,3)17(12-24-16-10-5-4-9-15(16)20)22-18(23)14-8-6-7-13(14)11-21;/h4-5,9-10,13-14,17H,6-8,11-12,21H2,1-3H3,(H,22,23);1H/t13-,14-,17?;/m1./s1. The molecular weight excluding hydrogens is 343 g/mol. The summed E-state index contributed by atoms with van der Waals surface area (Å²) in [4.78, 5) is 12.7. The molecule has 25 heavy (non-hydrogen) atoms. The van der Waals surface area contributed by atoms with Crippen molar-refractivity contribution >= 4 is 18.3 Å². The van der Waals surface area contributed by atoms with E-state index in [0.717, 1.165) is 19.3 Å². The van der Waals surface area contributed by atoms with Crippen molar-refractivity contribution in [3.05, 3.63) is 30.1 Å². The number of hydrogen-bond donors (Lipinski definition) is 2. The minimum Gasteiger partial charge on any atom is -0.488 e. The van der Waals surface area contributed by atoms with Gasteiger partial charge in [0.25, 0.3) is 0 Å². The predicted octanol–water partition coefficient (Wildman–Crippen LogP) is 3.53. The van der Waals surface area contributed by atoms with E-state index in [1.807, 2.05) is 20.8 Å². The van der Waals surface area contributed by atoms with Crippen LogP contribution in [0.25, 0.3) is 0 Å². The molecule has 1 aliphatic carbocycles. The summed E-state index contributed by atoms with van der Waals surface area (Å²) in [6.07, 6.45) is 2.95. The molecule has 1 saturated carbocycles. The molecular formula is C19H30ClFN2O2. The molecule has 1 fully saturated rings. The van der Waals surface area contributed by atoms with E-state index in [1.165, 1.54) is 6.07 Å². The summed E-state index contributed by atoms with van der Waals surface area (Å²) in [5.41, 5.74) is 5.59. The monoisotopic (exact) mass is 372 g/mol. The first-order valence-electron chi connectivity index (χ1n) is 8.70. The number of nitrogens with one attached hydrogen (secondary N) is 1. The molecule has 0 radical (unpaired) electrons. The summed E-state index contributed by atoms with van der Waals surface area (Å²) in [5.74, 6) is 0.101. The minimum absolute atomic E-state index is 0. The van der Waals surface area contributed by atoms with Crippen LogP contribution in [0.15, 0.2) is 24.3 Å². The maximum absolute atomic E-state index is 13.7. The van der Waals surface area contributed by atoms with Crippen LogP contribution < -0.4 is 15.8 Å². The third-order valence-corrected chi connectivity index (χ3v) is 4.90. The van der Waals surface area contributed by atoms with E-state index in [2.05, 4.69) is 5.32 Å². The number of para-hydroxylation sites is 1. The Labute approximate surface area is 156 Å². The van der Waals surface area contributed by atoms with Gasteiger partial charge >= 0.3 is 0 Å². The summed E-state index contributed by atoms with van der Waals surface area (Å²) in [6.45, 7) is 6.90. The quantitative estimate of drug-likeness (QED) is 0.802. The van der Waals surface area contributed by atoms with Crippen LogP contribution in [0, 0.1) is 23.1 Å². The molecule has 4 nitrogen and oxygen atoms in total. The molecule has 0 heterocycles. The largest absolute Gasteiger partial charge is 0.488 e. The van der Waals surface area contributed by atoms with Crippen molar-refractivity contribution in [2.24, 2.45) is 23.0 Å². The van der Waals surface area contributed by atoms with E-state index in [1.54, 1.807) is 18.2 Å². The Morgan fingerprint density at radius 3 is 2.64 bits per heavy atom. The van der Waals surface area contributed by atoms with Gasteiger partial charge in [-0.3, -0.25) is 4.79 Å². The summed E-state index contributed by atoms with van der Waals surface area (Å²) in [5, 5.41) is 3.11. The second kappa shape index (κ2) is 9.39. The van der Waals surface area contributed by atoms with Gasteiger partial charge in [0.05, 0.1) is 6.04 Å². The average molecular weight is 373 g/mol. The van der Waals surface area contributed by atoms with Crippen molar-refractivity contribution in [1.82, 2.24) is 5.32 Å². The number of halogens is 2. The van der Waals surface area contributed by atoms with Crippen molar-refractivity contribution < 1.29 is 13.9 Å². The van der Waals surface area contributed by atoms with Gasteiger partial charge < -0.3 is 15.8 Å². The maximum atomic E-state index is 13.7. The Hall–Kier alpha value is -1.33. The van der Waals surface area contributed by atoms with Gasteiger partial charge in [-0.05, 0) is 42.9 Å². The molecule has 3 atom stereocenters. The van der Waals surface area contributed by atoms with Gasteiger partial charge in [0.2, 0.25) is 5.91 Å². The number of rotatable bonds is 6. The second-order valence-corrected chi connectivity index (χ2v) is 7.70. The van der Waals surface area contributed by atoms with Gasteiger partial charge in [0, 0.05) is 5.92 Å². The highest BCUT2D eigenvalue weighted by atomic mass is 35.5. The third-order valence-electron chi connectivity index (χ3n) is 4.90. The lowest BCUT2D eigenvalue weighted by Crippen LogP contribution is -2.50. The number of nitrogens with two attached hydrogens (primary N) is 1. The van der Waals surface area contributed by atoms with Crippen molar-refractivity contribution in [2.75, 3.05) is 13.2 Å². The molecule has 0 bridgehead atoms. The SMILES string of the molecule is CC(C)(C)C(COc1ccccc1F)NC(=O)[C@@H]1CCC[C@@H]1CN.Cl. The fourth-order valence-corrected chi connectivity index (χ4v) is 3.19. The van der Waals surface area contributed by atoms with Crippen LogP contribution in [-0.2, 0) is 4.79 Å². The molecule has 1 aliphatic rings. The van der Waals surface area contributed by atoms with E-state index >= 15 is 0 Å². The van der Waals surface area contributed by atoms with Crippen molar-refractivity contribution in [2.45, 2.75) is 46.1 Å². The van der Waals surface area contributed by atoms with E-state index < -0.39 is 5.82 Å². The first kappa shape index (κ1) is 21.7. The molecule has 1 amide bonds. The third kappa shape index (κ3) is 5.86. The minimum atomic E-state index is -0.393. The van der Waals surface area contributed by atoms with Crippen molar-refractivity contribution in [3.8, 4) is 5.75 Å². The zero-order valence-corrected chi connectivity index (χ0v) is 16.1. The number of ether oxygens (including phenoxy) is 1. The molecule has 2 rings (SSSR count). The van der Waals surface area contributed by atoms with Gasteiger partial charge in [0.1, 0.15) is 6.61 Å². The lowest BCUT2D eigenvalue weighted by molar-refractivity contribution is -0.127. The molecule has 142 valence electrons. The van der Waals surface area contributed by atoms with Gasteiger partial charge in [-0.2, -0.15) is 0 Å². The van der Waals surface area contributed by atoms with Gasteiger partial charge in [0.15, 0.2) is 11.6 Å². The smallest absolute Gasteiger partial charge is 0.223 e. The number of carbonyl (C=O) groups is 1. The zero-order chi connectivity index (χ0) is 17.7. The molecule has 6 heteroatoms. The maximum Gasteiger partial charge on any atom is 0.223 e. The highest BCUT2D eigenvalue weighted by Gasteiger charge is 2.35. The summed E-state index contributed by atoms with van der Waals surface area (Å²) in [7, 11) is 0. The van der Waals surface area contributed by atoms with Crippen molar-refractivity contribution in [3.63, 3.8) is 0 Å². The lowest BCUT2D eigenvalue weighted by atomic mass is 9.86. The van der Waals surface area contributed by atoms with Crippen LogP contribution >= 0.6 is 12.4 Å². The van der Waals surface area contributed by atoms with Crippen LogP contribution in [0.5, 0.6) is 5.75 Å². The van der Waals surface area contributed by atoms with Gasteiger partial charge in [-0.1, -0.05) is 39.3 Å². The van der Waals surface area contributed by atoms with Crippen LogP contribution in [-0.4, -0.2) is 25.1 Å². The Bertz CT molecular complexity index is 563. The lowest BCUT2D eigenvalue weighted by Gasteiger charge is -2.33. The van der Waals surface area contributed by atoms with E-state index in [4.69, 9.17) is 10.5 Å². The van der Waals surface area contributed by atoms with E-state index in [9.17, 15) is 9.18 Å². The van der Waals surface area contributed by atoms with Crippen molar-refractivity contribution in [1.29, 1.82) is 0 Å². The second-order valence-electron chi connectivity index (χ2n) is 7.70. The average Bonchev–Trinajstić information content (AvgIpc) is 3.00. The zero-order valence-electron chi connectivity index (χ0n) is 15.3. The van der Waals surface area contributed by atoms with E-state index in [0.29, 0.717) is 6.54 Å². The first-order valence-corrected chi connectivity index (χ1v) is 8.70. The molecule has 1 aromatic carbocycles. The topological polar surface area (TPSA) is 64.3 Å². The van der Waals surface area contributed by atoms with Crippen LogP contribution in [0.1, 0.15) is 40.0 Å².